The SMILES string of the molecule is O=C(NC1CC1)c1ccsc1NC(=O)C1CCCN(C(=O)c2ccc(Cl)cc2)C1. The van der Waals surface area contributed by atoms with E-state index in [0.717, 1.165) is 19.3 Å². The highest BCUT2D eigenvalue weighted by Gasteiger charge is 2.30. The van der Waals surface area contributed by atoms with Gasteiger partial charge in [0.2, 0.25) is 5.91 Å². The average molecular weight is 432 g/mol. The molecule has 2 fully saturated rings. The van der Waals surface area contributed by atoms with Gasteiger partial charge in [0.25, 0.3) is 11.8 Å². The molecule has 8 heteroatoms. The number of hydrogen-bond acceptors (Lipinski definition) is 4. The molecule has 1 unspecified atom stereocenters. The molecule has 0 spiro atoms. The predicted octanol–water partition coefficient (Wildman–Crippen LogP) is 3.78. The summed E-state index contributed by atoms with van der Waals surface area (Å²) in [6.07, 6.45) is 3.50. The van der Waals surface area contributed by atoms with Gasteiger partial charge in [-0.15, -0.1) is 11.3 Å². The van der Waals surface area contributed by atoms with Crippen molar-refractivity contribution in [3.8, 4) is 0 Å². The van der Waals surface area contributed by atoms with Crippen molar-refractivity contribution in [2.24, 2.45) is 5.92 Å². The number of piperidine rings is 1. The van der Waals surface area contributed by atoms with Crippen molar-refractivity contribution in [3.63, 3.8) is 0 Å². The van der Waals surface area contributed by atoms with Crippen LogP contribution < -0.4 is 10.6 Å². The first-order chi connectivity index (χ1) is 14.0. The van der Waals surface area contributed by atoms with Crippen LogP contribution in [0.1, 0.15) is 46.4 Å². The summed E-state index contributed by atoms with van der Waals surface area (Å²) in [5, 5.41) is 8.80. The summed E-state index contributed by atoms with van der Waals surface area (Å²) >= 11 is 7.23. The highest BCUT2D eigenvalue weighted by Crippen LogP contribution is 2.27. The second-order valence-electron chi connectivity index (χ2n) is 7.50. The monoisotopic (exact) mass is 431 g/mol. The van der Waals surface area contributed by atoms with E-state index < -0.39 is 0 Å². The number of nitrogens with one attached hydrogen (secondary N) is 2. The molecule has 1 atom stereocenters. The third kappa shape index (κ3) is 4.79. The van der Waals surface area contributed by atoms with Crippen molar-refractivity contribution < 1.29 is 14.4 Å². The van der Waals surface area contributed by atoms with Crippen molar-refractivity contribution in [1.29, 1.82) is 0 Å². The molecule has 1 aromatic carbocycles. The Labute approximate surface area is 178 Å². The van der Waals surface area contributed by atoms with E-state index in [4.69, 9.17) is 11.6 Å². The number of rotatable bonds is 5. The molecule has 1 aliphatic carbocycles. The molecule has 6 nitrogen and oxygen atoms in total. The standard InChI is InChI=1S/C21H22ClN3O3S/c22-15-5-3-13(4-6-15)21(28)25-10-1-2-14(12-25)18(26)24-20-17(9-11-29-20)19(27)23-16-7-8-16/h3-6,9,11,14,16H,1-2,7-8,10,12H2,(H,23,27)(H,24,26). The Balaban J connectivity index is 1.39. The summed E-state index contributed by atoms with van der Waals surface area (Å²) < 4.78 is 0. The quantitative estimate of drug-likeness (QED) is 0.756. The summed E-state index contributed by atoms with van der Waals surface area (Å²) in [4.78, 5) is 39.6. The van der Waals surface area contributed by atoms with Gasteiger partial charge in [0.05, 0.1) is 11.5 Å². The number of hydrogen-bond donors (Lipinski definition) is 2. The molecule has 2 aliphatic rings. The lowest BCUT2D eigenvalue weighted by atomic mass is 9.96. The Hall–Kier alpha value is -2.38. The van der Waals surface area contributed by atoms with Crippen molar-refractivity contribution in [2.45, 2.75) is 31.7 Å². The molecule has 1 aliphatic heterocycles. The fourth-order valence-electron chi connectivity index (χ4n) is 3.44. The minimum Gasteiger partial charge on any atom is -0.349 e. The summed E-state index contributed by atoms with van der Waals surface area (Å²) in [7, 11) is 0. The molecule has 29 heavy (non-hydrogen) atoms. The molecular formula is C21H22ClN3O3S. The molecule has 1 saturated carbocycles. The Morgan fingerprint density at radius 2 is 1.83 bits per heavy atom. The molecule has 1 saturated heterocycles. The first-order valence-electron chi connectivity index (χ1n) is 9.75. The van der Waals surface area contributed by atoms with Crippen LogP contribution in [0.4, 0.5) is 5.00 Å². The molecule has 2 heterocycles. The van der Waals surface area contributed by atoms with Gasteiger partial charge in [-0.3, -0.25) is 14.4 Å². The number of thiophene rings is 1. The third-order valence-corrected chi connectivity index (χ3v) is 6.31. The molecule has 152 valence electrons. The number of nitrogens with zero attached hydrogens (tertiary/aromatic N) is 1. The summed E-state index contributed by atoms with van der Waals surface area (Å²) in [5.41, 5.74) is 1.06. The largest absolute Gasteiger partial charge is 0.349 e. The van der Waals surface area contributed by atoms with Crippen LogP contribution in [-0.4, -0.2) is 41.8 Å². The Bertz CT molecular complexity index is 924. The molecule has 4 rings (SSSR count). The normalized spacial score (nSPS) is 18.9. The van der Waals surface area contributed by atoms with Crippen LogP contribution in [0.25, 0.3) is 0 Å². The molecule has 1 aromatic heterocycles. The summed E-state index contributed by atoms with van der Waals surface area (Å²) in [6, 6.07) is 8.77. The first kappa shape index (κ1) is 19.9. The van der Waals surface area contributed by atoms with Crippen molar-refractivity contribution in [1.82, 2.24) is 10.2 Å². The first-order valence-corrected chi connectivity index (χ1v) is 11.0. The van der Waals surface area contributed by atoms with E-state index in [-0.39, 0.29) is 29.7 Å². The fourth-order valence-corrected chi connectivity index (χ4v) is 4.35. The lowest BCUT2D eigenvalue weighted by Crippen LogP contribution is -2.43. The maximum atomic E-state index is 12.8. The van der Waals surface area contributed by atoms with E-state index in [1.165, 1.54) is 11.3 Å². The zero-order valence-electron chi connectivity index (χ0n) is 15.8. The van der Waals surface area contributed by atoms with Crippen molar-refractivity contribution in [2.75, 3.05) is 18.4 Å². The van der Waals surface area contributed by atoms with E-state index in [1.54, 1.807) is 40.6 Å². The Morgan fingerprint density at radius 3 is 2.55 bits per heavy atom. The average Bonchev–Trinajstić information content (AvgIpc) is 3.42. The van der Waals surface area contributed by atoms with E-state index in [1.807, 2.05) is 0 Å². The van der Waals surface area contributed by atoms with Gasteiger partial charge in [-0.25, -0.2) is 0 Å². The van der Waals surface area contributed by atoms with E-state index in [0.29, 0.717) is 40.7 Å². The Morgan fingerprint density at radius 1 is 1.07 bits per heavy atom. The predicted molar refractivity (Wildman–Crippen MR) is 114 cm³/mol. The van der Waals surface area contributed by atoms with Gasteiger partial charge in [0.1, 0.15) is 5.00 Å². The van der Waals surface area contributed by atoms with Gasteiger partial charge < -0.3 is 15.5 Å². The topological polar surface area (TPSA) is 78.5 Å². The summed E-state index contributed by atoms with van der Waals surface area (Å²) in [5.74, 6) is -0.699. The van der Waals surface area contributed by atoms with Gasteiger partial charge in [-0.05, 0) is 61.4 Å². The van der Waals surface area contributed by atoms with Crippen LogP contribution in [0.3, 0.4) is 0 Å². The summed E-state index contributed by atoms with van der Waals surface area (Å²) in [6.45, 7) is 0.988. The van der Waals surface area contributed by atoms with Crippen LogP contribution >= 0.6 is 22.9 Å². The molecule has 0 radical (unpaired) electrons. The highest BCUT2D eigenvalue weighted by atomic mass is 35.5. The van der Waals surface area contributed by atoms with Crippen LogP contribution in [0, 0.1) is 5.92 Å². The van der Waals surface area contributed by atoms with Crippen LogP contribution in [-0.2, 0) is 4.79 Å². The van der Waals surface area contributed by atoms with Crippen LogP contribution in [0.2, 0.25) is 5.02 Å². The number of halogens is 1. The lowest BCUT2D eigenvalue weighted by molar-refractivity contribution is -0.121. The minimum atomic E-state index is -0.304. The number of anilines is 1. The van der Waals surface area contributed by atoms with E-state index >= 15 is 0 Å². The Kier molecular flexibility index (Phi) is 5.87. The lowest BCUT2D eigenvalue weighted by Gasteiger charge is -2.32. The van der Waals surface area contributed by atoms with Gasteiger partial charge in [0.15, 0.2) is 0 Å². The third-order valence-electron chi connectivity index (χ3n) is 5.23. The zero-order chi connectivity index (χ0) is 20.4. The van der Waals surface area contributed by atoms with Crippen molar-refractivity contribution >= 4 is 45.7 Å². The minimum absolute atomic E-state index is 0.0974. The highest BCUT2D eigenvalue weighted by molar-refractivity contribution is 7.14. The number of benzene rings is 1. The molecule has 2 N–H and O–H groups in total. The number of carbonyl (C=O) groups excluding carboxylic acids is 3. The second kappa shape index (κ2) is 8.55. The van der Waals surface area contributed by atoms with Crippen LogP contribution in [0.5, 0.6) is 0 Å². The molecule has 2 aromatic rings. The zero-order valence-corrected chi connectivity index (χ0v) is 17.4. The molecule has 0 bridgehead atoms. The van der Waals surface area contributed by atoms with E-state index in [9.17, 15) is 14.4 Å². The fraction of sp³-hybridized carbons (Fsp3) is 0.381. The number of likely N-dealkylation sites (tertiary alicyclic amines) is 1. The molecule has 3 amide bonds. The van der Waals surface area contributed by atoms with Gasteiger partial charge in [0, 0.05) is 29.7 Å². The van der Waals surface area contributed by atoms with E-state index in [2.05, 4.69) is 10.6 Å². The second-order valence-corrected chi connectivity index (χ2v) is 8.85. The maximum absolute atomic E-state index is 12.8. The maximum Gasteiger partial charge on any atom is 0.254 e. The number of amides is 3. The van der Waals surface area contributed by atoms with Crippen LogP contribution in [0.15, 0.2) is 35.7 Å². The smallest absolute Gasteiger partial charge is 0.254 e. The molecular weight excluding hydrogens is 410 g/mol. The van der Waals surface area contributed by atoms with Gasteiger partial charge in [-0.1, -0.05) is 11.6 Å². The van der Waals surface area contributed by atoms with Crippen molar-refractivity contribution in [3.05, 3.63) is 51.9 Å². The number of carbonyl (C=O) groups is 3. The van der Waals surface area contributed by atoms with Gasteiger partial charge in [-0.2, -0.15) is 0 Å². The van der Waals surface area contributed by atoms with Gasteiger partial charge >= 0.3 is 0 Å².